The number of esters is 1. The molecule has 0 N–H and O–H groups in total. The lowest BCUT2D eigenvalue weighted by atomic mass is 10.1. The van der Waals surface area contributed by atoms with E-state index in [1.54, 1.807) is 12.5 Å². The van der Waals surface area contributed by atoms with Gasteiger partial charge in [0.15, 0.2) is 5.52 Å². The normalized spacial score (nSPS) is 12.6. The number of hydrogen-bond acceptors (Lipinski definition) is 3. The van der Waals surface area contributed by atoms with Gasteiger partial charge in [0.05, 0.1) is 17.6 Å². The first-order chi connectivity index (χ1) is 8.79. The lowest BCUT2D eigenvalue weighted by molar-refractivity contribution is -0.573. The summed E-state index contributed by atoms with van der Waals surface area (Å²) in [5.41, 5.74) is 2.71. The molecule has 0 radical (unpaired) electrons. The van der Waals surface area contributed by atoms with Crippen LogP contribution < -0.4 is 21.5 Å². The Morgan fingerprint density at radius 1 is 1.42 bits per heavy atom. The Hall–Kier alpha value is -1.75. The van der Waals surface area contributed by atoms with Crippen molar-refractivity contribution in [2.45, 2.75) is 13.3 Å². The first-order valence-electron chi connectivity index (χ1n) is 5.95. The molecule has 0 spiro atoms. The molecular formula is C14H13BrN2O2. The second-order valence-electron chi connectivity index (χ2n) is 4.17. The summed E-state index contributed by atoms with van der Waals surface area (Å²) in [5.74, 6) is -0.245. The van der Waals surface area contributed by atoms with Crippen molar-refractivity contribution in [3.05, 3.63) is 41.9 Å². The topological polar surface area (TPSA) is 43.1 Å². The quantitative estimate of drug-likeness (QED) is 0.499. The molecule has 0 aliphatic carbocycles. The Bertz CT molecular complexity index is 668. The molecule has 5 heteroatoms. The fourth-order valence-corrected chi connectivity index (χ4v) is 2.20. The van der Waals surface area contributed by atoms with Crippen molar-refractivity contribution in [1.82, 2.24) is 4.98 Å². The molecule has 0 saturated carbocycles. The molecular weight excluding hydrogens is 308 g/mol. The summed E-state index contributed by atoms with van der Waals surface area (Å²) in [6, 6.07) is 7.93. The molecule has 0 amide bonds. The molecule has 4 nitrogen and oxygen atoms in total. The predicted molar refractivity (Wildman–Crippen MR) is 66.5 cm³/mol. The summed E-state index contributed by atoms with van der Waals surface area (Å²) in [7, 11) is 0. The van der Waals surface area contributed by atoms with Gasteiger partial charge >= 0.3 is 5.97 Å². The van der Waals surface area contributed by atoms with Crippen LogP contribution in [-0.4, -0.2) is 17.6 Å². The van der Waals surface area contributed by atoms with E-state index in [0.717, 1.165) is 16.6 Å². The van der Waals surface area contributed by atoms with E-state index in [4.69, 9.17) is 4.74 Å². The number of carbonyl (C=O) groups is 1. The first-order valence-corrected chi connectivity index (χ1v) is 5.95. The van der Waals surface area contributed by atoms with Gasteiger partial charge in [-0.3, -0.25) is 0 Å². The fourth-order valence-electron chi connectivity index (χ4n) is 2.20. The van der Waals surface area contributed by atoms with Crippen LogP contribution in [0.15, 0.2) is 36.2 Å². The fraction of sp³-hybridized carbons (Fsp3) is 0.214. The Kier molecular flexibility index (Phi) is 3.95. The van der Waals surface area contributed by atoms with E-state index in [1.165, 1.54) is 0 Å². The van der Waals surface area contributed by atoms with Gasteiger partial charge < -0.3 is 21.7 Å². The molecule has 0 bridgehead atoms. The van der Waals surface area contributed by atoms with E-state index in [0.29, 0.717) is 18.6 Å². The molecule has 1 aliphatic heterocycles. The number of halogens is 1. The van der Waals surface area contributed by atoms with Gasteiger partial charge in [0.25, 0.3) is 6.33 Å². The van der Waals surface area contributed by atoms with Gasteiger partial charge in [-0.1, -0.05) is 12.1 Å². The van der Waals surface area contributed by atoms with Crippen LogP contribution in [0, 0.1) is 0 Å². The number of aromatic nitrogens is 2. The molecule has 0 unspecified atom stereocenters. The summed E-state index contributed by atoms with van der Waals surface area (Å²) in [5, 5.41) is 1.08. The van der Waals surface area contributed by atoms with Crippen molar-refractivity contribution < 1.29 is 31.1 Å². The van der Waals surface area contributed by atoms with Gasteiger partial charge in [0.1, 0.15) is 11.9 Å². The van der Waals surface area contributed by atoms with Gasteiger partial charge in [-0.15, -0.1) is 0 Å². The van der Waals surface area contributed by atoms with E-state index in [-0.39, 0.29) is 23.0 Å². The van der Waals surface area contributed by atoms with Crippen molar-refractivity contribution >= 4 is 23.1 Å². The second kappa shape index (κ2) is 5.48. The Labute approximate surface area is 121 Å². The summed E-state index contributed by atoms with van der Waals surface area (Å²) in [6.45, 7) is 2.21. The van der Waals surface area contributed by atoms with Crippen molar-refractivity contribution in [3.8, 4) is 0 Å². The number of benzene rings is 1. The number of para-hydroxylation sites is 1. The maximum absolute atomic E-state index is 11.7. The zero-order chi connectivity index (χ0) is 12.5. The maximum atomic E-state index is 11.7. The summed E-state index contributed by atoms with van der Waals surface area (Å²) < 4.78 is 6.93. The number of ether oxygens (including phenoxy) is 1. The van der Waals surface area contributed by atoms with Gasteiger partial charge in [-0.05, 0) is 24.0 Å². The molecule has 2 aromatic rings. The average Bonchev–Trinajstić information content (AvgIpc) is 2.83. The van der Waals surface area contributed by atoms with Crippen LogP contribution in [0.25, 0.3) is 17.1 Å². The van der Waals surface area contributed by atoms with Gasteiger partial charge in [-0.25, -0.2) is 9.36 Å². The highest BCUT2D eigenvalue weighted by Gasteiger charge is 2.26. The highest BCUT2D eigenvalue weighted by molar-refractivity contribution is 5.93. The molecule has 1 aliphatic rings. The van der Waals surface area contributed by atoms with Crippen LogP contribution >= 0.6 is 0 Å². The third-order valence-electron chi connectivity index (χ3n) is 3.04. The van der Waals surface area contributed by atoms with E-state index >= 15 is 0 Å². The molecule has 2 heterocycles. The molecule has 0 saturated heterocycles. The van der Waals surface area contributed by atoms with Crippen LogP contribution in [0.1, 0.15) is 12.6 Å². The Balaban J connectivity index is 0.00000133. The minimum atomic E-state index is -0.245. The smallest absolute Gasteiger partial charge is 0.338 e. The van der Waals surface area contributed by atoms with Crippen LogP contribution in [0.4, 0.5) is 0 Å². The first kappa shape index (κ1) is 13.7. The lowest BCUT2D eigenvalue weighted by Gasteiger charge is -2.00. The second-order valence-corrected chi connectivity index (χ2v) is 4.17. The SMILES string of the molecule is CCOC(=O)C1=C[n+]2cnc3ccccc3c2C1.[Br-]. The van der Waals surface area contributed by atoms with Crippen molar-refractivity contribution in [3.63, 3.8) is 0 Å². The predicted octanol–water partition coefficient (Wildman–Crippen LogP) is -1.51. The maximum Gasteiger partial charge on any atom is 0.338 e. The standard InChI is InChI=1S/C14H13N2O2.BrH/c1-2-18-14(17)10-7-13-11-5-3-4-6-12(11)15-9-16(13)8-10;/h3-6,8-9H,2,7H2,1H3;1H/q+1;/p-1. The van der Waals surface area contributed by atoms with E-state index < -0.39 is 0 Å². The van der Waals surface area contributed by atoms with E-state index in [2.05, 4.69) is 4.98 Å². The number of nitrogens with zero attached hydrogens (tertiary/aromatic N) is 2. The molecule has 98 valence electrons. The minimum Gasteiger partial charge on any atom is -1.00 e. The average molecular weight is 321 g/mol. The Morgan fingerprint density at radius 3 is 3.00 bits per heavy atom. The van der Waals surface area contributed by atoms with Crippen LogP contribution in [0.5, 0.6) is 0 Å². The van der Waals surface area contributed by atoms with Crippen LogP contribution in [0.3, 0.4) is 0 Å². The zero-order valence-electron chi connectivity index (χ0n) is 10.5. The molecule has 1 aromatic heterocycles. The van der Waals surface area contributed by atoms with Crippen molar-refractivity contribution in [2.24, 2.45) is 0 Å². The third kappa shape index (κ3) is 2.38. The largest absolute Gasteiger partial charge is 1.00 e. The number of rotatable bonds is 2. The lowest BCUT2D eigenvalue weighted by Crippen LogP contribution is -3.00. The highest BCUT2D eigenvalue weighted by Crippen LogP contribution is 2.20. The van der Waals surface area contributed by atoms with Gasteiger partial charge in [0.2, 0.25) is 0 Å². The van der Waals surface area contributed by atoms with Crippen LogP contribution in [-0.2, 0) is 16.0 Å². The number of carbonyl (C=O) groups excluding carboxylic acids is 1. The molecule has 0 atom stereocenters. The van der Waals surface area contributed by atoms with Gasteiger partial charge in [0, 0.05) is 6.42 Å². The van der Waals surface area contributed by atoms with E-state index in [9.17, 15) is 4.79 Å². The summed E-state index contributed by atoms with van der Waals surface area (Å²) in [6.07, 6.45) is 4.14. The van der Waals surface area contributed by atoms with Crippen LogP contribution in [0.2, 0.25) is 0 Å². The Morgan fingerprint density at radius 2 is 2.21 bits per heavy atom. The third-order valence-corrected chi connectivity index (χ3v) is 3.04. The van der Waals surface area contributed by atoms with Gasteiger partial charge in [-0.2, -0.15) is 0 Å². The number of fused-ring (bicyclic) bond motifs is 3. The number of hydrogen-bond donors (Lipinski definition) is 0. The summed E-state index contributed by atoms with van der Waals surface area (Å²) >= 11 is 0. The minimum absolute atomic E-state index is 0. The highest BCUT2D eigenvalue weighted by atomic mass is 79.9. The zero-order valence-corrected chi connectivity index (χ0v) is 12.1. The monoisotopic (exact) mass is 320 g/mol. The van der Waals surface area contributed by atoms with E-state index in [1.807, 2.05) is 35.8 Å². The van der Waals surface area contributed by atoms with Crippen molar-refractivity contribution in [1.29, 1.82) is 0 Å². The molecule has 3 rings (SSSR count). The molecule has 0 fully saturated rings. The molecule has 19 heavy (non-hydrogen) atoms. The van der Waals surface area contributed by atoms with Crippen molar-refractivity contribution in [2.75, 3.05) is 6.61 Å². The summed E-state index contributed by atoms with van der Waals surface area (Å²) in [4.78, 5) is 16.1. The molecule has 1 aromatic carbocycles.